The Kier molecular flexibility index (Phi) is 4.32. The van der Waals surface area contributed by atoms with Gasteiger partial charge in [-0.3, -0.25) is 4.68 Å². The Bertz CT molecular complexity index is 546. The molecule has 0 radical (unpaired) electrons. The Labute approximate surface area is 113 Å². The molecule has 1 aromatic carbocycles. The minimum atomic E-state index is -0.183. The van der Waals surface area contributed by atoms with Crippen LogP contribution in [0.5, 0.6) is 0 Å². The van der Waals surface area contributed by atoms with Crippen LogP contribution in [0.3, 0.4) is 0 Å². The third-order valence-corrected chi connectivity index (χ3v) is 3.04. The summed E-state index contributed by atoms with van der Waals surface area (Å²) in [5.41, 5.74) is 2.81. The third kappa shape index (κ3) is 3.64. The molecule has 0 aliphatic carbocycles. The first-order valence-corrected chi connectivity index (χ1v) is 6.56. The molecule has 0 saturated carbocycles. The lowest BCUT2D eigenvalue weighted by Crippen LogP contribution is -2.21. The molecule has 1 N–H and O–H groups in total. The van der Waals surface area contributed by atoms with Crippen molar-refractivity contribution in [1.29, 1.82) is 0 Å². The molecule has 0 aliphatic rings. The number of hydrogen-bond donors (Lipinski definition) is 1. The van der Waals surface area contributed by atoms with E-state index in [1.807, 2.05) is 19.2 Å². The second kappa shape index (κ2) is 5.97. The number of aryl methyl sites for hydroxylation is 1. The molecule has 1 aromatic heterocycles. The summed E-state index contributed by atoms with van der Waals surface area (Å²) in [5, 5.41) is 7.80. The molecule has 0 amide bonds. The number of aromatic nitrogens is 2. The number of benzene rings is 1. The second-order valence-corrected chi connectivity index (χ2v) is 5.06. The van der Waals surface area contributed by atoms with Crippen molar-refractivity contribution in [3.63, 3.8) is 0 Å². The van der Waals surface area contributed by atoms with E-state index in [-0.39, 0.29) is 5.82 Å². The minimum absolute atomic E-state index is 0.183. The number of rotatable bonds is 5. The molecule has 0 unspecified atom stereocenters. The number of halogens is 1. The van der Waals surface area contributed by atoms with E-state index >= 15 is 0 Å². The molecule has 2 aromatic rings. The van der Waals surface area contributed by atoms with Gasteiger partial charge < -0.3 is 5.32 Å². The van der Waals surface area contributed by atoms with Gasteiger partial charge in [0.25, 0.3) is 0 Å². The van der Waals surface area contributed by atoms with Gasteiger partial charge in [-0.2, -0.15) is 5.10 Å². The van der Waals surface area contributed by atoms with Crippen LogP contribution in [0, 0.1) is 12.7 Å². The standard InChI is InChI=1S/C15H20FN3/c1-11(2)17-8-14-10-19(18-12(14)3)9-13-6-4-5-7-15(13)16/h4-7,10-11,17H,8-9H2,1-3H3. The van der Waals surface area contributed by atoms with Gasteiger partial charge in [0.1, 0.15) is 5.82 Å². The molecule has 0 fully saturated rings. The van der Waals surface area contributed by atoms with Crippen LogP contribution in [-0.4, -0.2) is 15.8 Å². The van der Waals surface area contributed by atoms with Gasteiger partial charge in [0.15, 0.2) is 0 Å². The lowest BCUT2D eigenvalue weighted by Gasteiger charge is -2.06. The maximum atomic E-state index is 13.6. The van der Waals surface area contributed by atoms with E-state index in [9.17, 15) is 4.39 Å². The van der Waals surface area contributed by atoms with Gasteiger partial charge in [0.2, 0.25) is 0 Å². The summed E-state index contributed by atoms with van der Waals surface area (Å²) < 4.78 is 15.4. The van der Waals surface area contributed by atoms with Gasteiger partial charge in [-0.05, 0) is 13.0 Å². The predicted molar refractivity (Wildman–Crippen MR) is 74.4 cm³/mol. The molecule has 1 heterocycles. The molecule has 0 bridgehead atoms. The topological polar surface area (TPSA) is 29.9 Å². The Hall–Kier alpha value is -1.68. The van der Waals surface area contributed by atoms with Crippen LogP contribution in [0.4, 0.5) is 4.39 Å². The van der Waals surface area contributed by atoms with Crippen molar-refractivity contribution in [2.45, 2.75) is 39.9 Å². The molecule has 0 spiro atoms. The van der Waals surface area contributed by atoms with Crippen molar-refractivity contribution in [2.75, 3.05) is 0 Å². The van der Waals surface area contributed by atoms with E-state index < -0.39 is 0 Å². The molecule has 4 heteroatoms. The number of hydrogen-bond acceptors (Lipinski definition) is 2. The van der Waals surface area contributed by atoms with Gasteiger partial charge in [0.05, 0.1) is 12.2 Å². The maximum absolute atomic E-state index is 13.6. The van der Waals surface area contributed by atoms with E-state index in [0.717, 1.165) is 17.8 Å². The predicted octanol–water partition coefficient (Wildman–Crippen LogP) is 2.88. The zero-order valence-corrected chi connectivity index (χ0v) is 11.7. The van der Waals surface area contributed by atoms with Crippen LogP contribution in [-0.2, 0) is 13.1 Å². The van der Waals surface area contributed by atoms with E-state index in [0.29, 0.717) is 18.2 Å². The van der Waals surface area contributed by atoms with Gasteiger partial charge in [-0.25, -0.2) is 4.39 Å². The van der Waals surface area contributed by atoms with Crippen LogP contribution in [0.2, 0.25) is 0 Å². The smallest absolute Gasteiger partial charge is 0.128 e. The molecule has 102 valence electrons. The second-order valence-electron chi connectivity index (χ2n) is 5.06. The summed E-state index contributed by atoms with van der Waals surface area (Å²) in [6.07, 6.45) is 1.98. The molecule has 0 saturated heterocycles. The molecule has 0 atom stereocenters. The summed E-state index contributed by atoms with van der Waals surface area (Å²) in [7, 11) is 0. The highest BCUT2D eigenvalue weighted by atomic mass is 19.1. The zero-order chi connectivity index (χ0) is 13.8. The average Bonchev–Trinajstić information content (AvgIpc) is 2.70. The van der Waals surface area contributed by atoms with Crippen LogP contribution < -0.4 is 5.32 Å². The fourth-order valence-electron chi connectivity index (χ4n) is 1.93. The zero-order valence-electron chi connectivity index (χ0n) is 11.7. The molecular weight excluding hydrogens is 241 g/mol. The largest absolute Gasteiger partial charge is 0.310 e. The minimum Gasteiger partial charge on any atom is -0.310 e. The van der Waals surface area contributed by atoms with Crippen molar-refractivity contribution >= 4 is 0 Å². The lowest BCUT2D eigenvalue weighted by molar-refractivity contribution is 0.581. The summed E-state index contributed by atoms with van der Waals surface area (Å²) in [6.45, 7) is 7.46. The fraction of sp³-hybridized carbons (Fsp3) is 0.400. The van der Waals surface area contributed by atoms with Gasteiger partial charge >= 0.3 is 0 Å². The van der Waals surface area contributed by atoms with Crippen LogP contribution in [0.25, 0.3) is 0 Å². The Morgan fingerprint density at radius 2 is 2.00 bits per heavy atom. The molecular formula is C15H20FN3. The first-order chi connectivity index (χ1) is 9.06. The molecule has 0 aliphatic heterocycles. The normalized spacial score (nSPS) is 11.2. The van der Waals surface area contributed by atoms with Crippen molar-refractivity contribution in [1.82, 2.24) is 15.1 Å². The summed E-state index contributed by atoms with van der Waals surface area (Å²) in [4.78, 5) is 0. The monoisotopic (exact) mass is 261 g/mol. The maximum Gasteiger partial charge on any atom is 0.128 e. The first kappa shape index (κ1) is 13.7. The van der Waals surface area contributed by atoms with Crippen molar-refractivity contribution in [3.05, 3.63) is 53.1 Å². The highest BCUT2D eigenvalue weighted by molar-refractivity contribution is 5.20. The van der Waals surface area contributed by atoms with Crippen LogP contribution >= 0.6 is 0 Å². The van der Waals surface area contributed by atoms with E-state index in [4.69, 9.17) is 0 Å². The quantitative estimate of drug-likeness (QED) is 0.897. The van der Waals surface area contributed by atoms with Crippen molar-refractivity contribution in [3.8, 4) is 0 Å². The third-order valence-electron chi connectivity index (χ3n) is 3.04. The van der Waals surface area contributed by atoms with Gasteiger partial charge in [-0.1, -0.05) is 32.0 Å². The SMILES string of the molecule is Cc1nn(Cc2ccccc2F)cc1CNC(C)C. The van der Waals surface area contributed by atoms with Crippen LogP contribution in [0.15, 0.2) is 30.5 Å². The van der Waals surface area contributed by atoms with Gasteiger partial charge in [0, 0.05) is 29.9 Å². The highest BCUT2D eigenvalue weighted by Crippen LogP contribution is 2.11. The average molecular weight is 261 g/mol. The molecule has 3 nitrogen and oxygen atoms in total. The van der Waals surface area contributed by atoms with Crippen molar-refractivity contribution < 1.29 is 4.39 Å². The number of nitrogens with zero attached hydrogens (tertiary/aromatic N) is 2. The fourth-order valence-corrected chi connectivity index (χ4v) is 1.93. The first-order valence-electron chi connectivity index (χ1n) is 6.56. The highest BCUT2D eigenvalue weighted by Gasteiger charge is 2.07. The van der Waals surface area contributed by atoms with E-state index in [1.54, 1.807) is 16.8 Å². The summed E-state index contributed by atoms with van der Waals surface area (Å²) in [6, 6.07) is 7.25. The van der Waals surface area contributed by atoms with E-state index in [2.05, 4.69) is 24.3 Å². The number of nitrogens with one attached hydrogen (secondary N) is 1. The Morgan fingerprint density at radius 1 is 1.26 bits per heavy atom. The van der Waals surface area contributed by atoms with E-state index in [1.165, 1.54) is 6.07 Å². The van der Waals surface area contributed by atoms with Crippen LogP contribution in [0.1, 0.15) is 30.7 Å². The summed E-state index contributed by atoms with van der Waals surface area (Å²) in [5.74, 6) is -0.183. The summed E-state index contributed by atoms with van der Waals surface area (Å²) >= 11 is 0. The van der Waals surface area contributed by atoms with Crippen molar-refractivity contribution in [2.24, 2.45) is 0 Å². The molecule has 19 heavy (non-hydrogen) atoms. The Morgan fingerprint density at radius 3 is 2.68 bits per heavy atom. The lowest BCUT2D eigenvalue weighted by atomic mass is 10.2. The Balaban J connectivity index is 2.10. The molecule has 2 rings (SSSR count). The van der Waals surface area contributed by atoms with Gasteiger partial charge in [-0.15, -0.1) is 0 Å².